The van der Waals surface area contributed by atoms with E-state index in [2.05, 4.69) is 37.4 Å². The molecule has 0 saturated heterocycles. The Hall–Kier alpha value is -2.91. The van der Waals surface area contributed by atoms with Crippen LogP contribution in [0.4, 0.5) is 0 Å². The highest BCUT2D eigenvalue weighted by molar-refractivity contribution is 7.80. The summed E-state index contributed by atoms with van der Waals surface area (Å²) in [5.74, 6) is 0.944. The number of nitrogens with one attached hydrogen (secondary N) is 1. The number of hydrogen-bond acceptors (Lipinski definition) is 4. The Morgan fingerprint density at radius 2 is 1.93 bits per heavy atom. The van der Waals surface area contributed by atoms with Crippen LogP contribution in [0.2, 0.25) is 0 Å². The van der Waals surface area contributed by atoms with Crippen LogP contribution in [0.1, 0.15) is 42.6 Å². The van der Waals surface area contributed by atoms with E-state index in [4.69, 9.17) is 22.2 Å². The Labute approximate surface area is 184 Å². The van der Waals surface area contributed by atoms with Crippen molar-refractivity contribution in [3.8, 4) is 11.8 Å². The van der Waals surface area contributed by atoms with Crippen molar-refractivity contribution < 1.29 is 9.53 Å². The summed E-state index contributed by atoms with van der Waals surface area (Å²) in [6, 6.07) is 19.3. The average molecular weight is 424 g/mol. The zero-order valence-corrected chi connectivity index (χ0v) is 18.5. The quantitative estimate of drug-likeness (QED) is 0.567. The molecule has 1 N–H and O–H groups in total. The summed E-state index contributed by atoms with van der Waals surface area (Å²) in [7, 11) is 0. The first-order chi connectivity index (χ1) is 14.5. The van der Waals surface area contributed by atoms with Crippen molar-refractivity contribution in [1.82, 2.24) is 10.2 Å². The Morgan fingerprint density at radius 3 is 2.63 bits per heavy atom. The molecule has 5 nitrogen and oxygen atoms in total. The van der Waals surface area contributed by atoms with E-state index in [0.29, 0.717) is 48.5 Å². The van der Waals surface area contributed by atoms with E-state index >= 15 is 0 Å². The van der Waals surface area contributed by atoms with E-state index < -0.39 is 0 Å². The predicted octanol–water partition coefficient (Wildman–Crippen LogP) is 4.58. The Bertz CT molecular complexity index is 862. The Balaban J connectivity index is 1.96. The second kappa shape index (κ2) is 12.6. The number of amides is 1. The van der Waals surface area contributed by atoms with Crippen LogP contribution in [0.25, 0.3) is 0 Å². The van der Waals surface area contributed by atoms with Gasteiger partial charge in [-0.3, -0.25) is 10.1 Å². The number of thiocarbonyl (C=S) groups is 1. The molecule has 1 amide bonds. The van der Waals surface area contributed by atoms with Gasteiger partial charge in [-0.25, -0.2) is 0 Å². The Kier molecular flexibility index (Phi) is 9.82. The van der Waals surface area contributed by atoms with Crippen molar-refractivity contribution in [3.63, 3.8) is 0 Å². The van der Waals surface area contributed by atoms with Gasteiger partial charge in [-0.05, 0) is 54.7 Å². The lowest BCUT2D eigenvalue weighted by Crippen LogP contribution is -2.44. The maximum atomic E-state index is 12.7. The van der Waals surface area contributed by atoms with Crippen molar-refractivity contribution in [3.05, 3.63) is 65.7 Å². The summed E-state index contributed by atoms with van der Waals surface area (Å²) < 4.78 is 5.74. The third kappa shape index (κ3) is 8.22. The summed E-state index contributed by atoms with van der Waals surface area (Å²) in [5, 5.41) is 12.1. The van der Waals surface area contributed by atoms with Crippen LogP contribution in [-0.4, -0.2) is 35.6 Å². The molecule has 0 spiro atoms. The molecule has 2 rings (SSSR count). The van der Waals surface area contributed by atoms with E-state index in [1.54, 1.807) is 18.2 Å². The Morgan fingerprint density at radius 1 is 1.17 bits per heavy atom. The molecule has 0 atom stereocenters. The molecule has 2 aromatic rings. The first-order valence-corrected chi connectivity index (χ1v) is 10.6. The van der Waals surface area contributed by atoms with E-state index in [9.17, 15) is 4.79 Å². The van der Waals surface area contributed by atoms with E-state index in [-0.39, 0.29) is 5.91 Å². The first kappa shape index (κ1) is 23.4. The van der Waals surface area contributed by atoms with Gasteiger partial charge in [-0.15, -0.1) is 0 Å². The number of rotatable bonds is 10. The predicted molar refractivity (Wildman–Crippen MR) is 123 cm³/mol. The van der Waals surface area contributed by atoms with Crippen molar-refractivity contribution in [2.24, 2.45) is 5.92 Å². The van der Waals surface area contributed by atoms with Gasteiger partial charge in [0.1, 0.15) is 5.75 Å². The van der Waals surface area contributed by atoms with Crippen molar-refractivity contribution in [2.75, 3.05) is 19.7 Å². The molecule has 0 fully saturated rings. The molecule has 0 aliphatic heterocycles. The molecule has 6 heteroatoms. The minimum Gasteiger partial charge on any atom is -0.494 e. The SMILES string of the molecule is CC(C)CCOc1cccc(C(=O)NC(=S)N(CCC#N)CCc2ccccc2)c1. The van der Waals surface area contributed by atoms with E-state index in [1.807, 2.05) is 29.2 Å². The normalized spacial score (nSPS) is 10.3. The van der Waals surface area contributed by atoms with E-state index in [0.717, 1.165) is 12.8 Å². The lowest BCUT2D eigenvalue weighted by molar-refractivity contribution is 0.0973. The van der Waals surface area contributed by atoms with Crippen molar-refractivity contribution in [1.29, 1.82) is 5.26 Å². The highest BCUT2D eigenvalue weighted by Crippen LogP contribution is 2.15. The minimum atomic E-state index is -0.282. The second-order valence-corrected chi connectivity index (χ2v) is 7.84. The summed E-state index contributed by atoms with van der Waals surface area (Å²) in [6.07, 6.45) is 2.07. The molecule has 0 radical (unpaired) electrons. The molecule has 158 valence electrons. The highest BCUT2D eigenvalue weighted by atomic mass is 32.1. The minimum absolute atomic E-state index is 0.282. The van der Waals surface area contributed by atoms with Crippen LogP contribution in [0, 0.1) is 17.2 Å². The molecular weight excluding hydrogens is 394 g/mol. The van der Waals surface area contributed by atoms with Gasteiger partial charge in [0.25, 0.3) is 5.91 Å². The first-order valence-electron chi connectivity index (χ1n) is 10.2. The molecule has 0 heterocycles. The lowest BCUT2D eigenvalue weighted by Gasteiger charge is -2.24. The van der Waals surface area contributed by atoms with Gasteiger partial charge in [0.05, 0.1) is 19.1 Å². The zero-order valence-electron chi connectivity index (χ0n) is 17.6. The number of carbonyl (C=O) groups is 1. The third-order valence-electron chi connectivity index (χ3n) is 4.57. The van der Waals surface area contributed by atoms with Crippen LogP contribution in [0.15, 0.2) is 54.6 Å². The molecule has 0 aliphatic carbocycles. The zero-order chi connectivity index (χ0) is 21.8. The van der Waals surface area contributed by atoms with Crippen molar-refractivity contribution >= 4 is 23.2 Å². The van der Waals surface area contributed by atoms with Gasteiger partial charge in [0.15, 0.2) is 5.11 Å². The van der Waals surface area contributed by atoms with Crippen molar-refractivity contribution in [2.45, 2.75) is 33.1 Å². The van der Waals surface area contributed by atoms with Gasteiger partial charge in [0, 0.05) is 18.7 Å². The van der Waals surface area contributed by atoms with Crippen LogP contribution < -0.4 is 10.1 Å². The van der Waals surface area contributed by atoms with Gasteiger partial charge < -0.3 is 9.64 Å². The number of nitrogens with zero attached hydrogens (tertiary/aromatic N) is 2. The fourth-order valence-electron chi connectivity index (χ4n) is 2.80. The van der Waals surface area contributed by atoms with Gasteiger partial charge in [-0.1, -0.05) is 50.2 Å². The van der Waals surface area contributed by atoms with Crippen LogP contribution in [0.3, 0.4) is 0 Å². The molecule has 0 unspecified atom stereocenters. The summed E-state index contributed by atoms with van der Waals surface area (Å²) >= 11 is 5.47. The smallest absolute Gasteiger partial charge is 0.257 e. The second-order valence-electron chi connectivity index (χ2n) is 7.45. The number of carbonyl (C=O) groups excluding carboxylic acids is 1. The molecular formula is C24H29N3O2S. The fraction of sp³-hybridized carbons (Fsp3) is 0.375. The van der Waals surface area contributed by atoms with Crippen LogP contribution in [-0.2, 0) is 6.42 Å². The number of benzene rings is 2. The van der Waals surface area contributed by atoms with Crippen LogP contribution in [0.5, 0.6) is 5.75 Å². The summed E-state index contributed by atoms with van der Waals surface area (Å²) in [5.41, 5.74) is 1.67. The van der Waals surface area contributed by atoms with E-state index in [1.165, 1.54) is 5.56 Å². The van der Waals surface area contributed by atoms with Gasteiger partial charge >= 0.3 is 0 Å². The van der Waals surface area contributed by atoms with Gasteiger partial charge in [0.2, 0.25) is 0 Å². The molecule has 2 aromatic carbocycles. The average Bonchev–Trinajstić information content (AvgIpc) is 2.74. The maximum absolute atomic E-state index is 12.7. The lowest BCUT2D eigenvalue weighted by atomic mass is 10.1. The molecule has 0 aromatic heterocycles. The fourth-order valence-corrected chi connectivity index (χ4v) is 3.07. The highest BCUT2D eigenvalue weighted by Gasteiger charge is 2.14. The topological polar surface area (TPSA) is 65.4 Å². The summed E-state index contributed by atoms with van der Waals surface area (Å²) in [4.78, 5) is 14.6. The van der Waals surface area contributed by atoms with Crippen LogP contribution >= 0.6 is 12.2 Å². The third-order valence-corrected chi connectivity index (χ3v) is 4.93. The number of hydrogen-bond donors (Lipinski definition) is 1. The molecule has 0 aliphatic rings. The molecule has 0 saturated carbocycles. The standard InChI is InChI=1S/C24H29N3O2S/c1-19(2)13-17-29-22-11-6-10-21(18-22)23(28)26-24(30)27(15-7-14-25)16-12-20-8-4-3-5-9-20/h3-6,8-11,18-19H,7,12-13,15-17H2,1-2H3,(H,26,28,30). The van der Waals surface area contributed by atoms with Gasteiger partial charge in [-0.2, -0.15) is 5.26 Å². The number of nitriles is 1. The monoisotopic (exact) mass is 423 g/mol. The summed E-state index contributed by atoms with van der Waals surface area (Å²) in [6.45, 7) is 6.00. The maximum Gasteiger partial charge on any atom is 0.257 e. The largest absolute Gasteiger partial charge is 0.494 e. The molecule has 0 bridgehead atoms. The molecule has 30 heavy (non-hydrogen) atoms. The number of ether oxygens (including phenoxy) is 1.